The number of sulfonamides is 1. The molecule has 160 valence electrons. The molecule has 2 aromatic carbocycles. The Bertz CT molecular complexity index is 1070. The van der Waals surface area contributed by atoms with Crippen LogP contribution in [0.2, 0.25) is 0 Å². The Labute approximate surface area is 181 Å². The molecule has 2 heterocycles. The van der Waals surface area contributed by atoms with Gasteiger partial charge in [0.2, 0.25) is 10.0 Å². The summed E-state index contributed by atoms with van der Waals surface area (Å²) in [5.41, 5.74) is 1.69. The molecule has 0 radical (unpaired) electrons. The van der Waals surface area contributed by atoms with E-state index < -0.39 is 10.0 Å². The van der Waals surface area contributed by atoms with Gasteiger partial charge in [0.15, 0.2) is 0 Å². The molecule has 1 fully saturated rings. The highest BCUT2D eigenvalue weighted by Gasteiger charge is 2.29. The average molecular weight is 449 g/mol. The van der Waals surface area contributed by atoms with Crippen molar-refractivity contribution in [3.63, 3.8) is 0 Å². The molecule has 0 aliphatic carbocycles. The Morgan fingerprint density at radius 3 is 2.67 bits per heavy atom. The summed E-state index contributed by atoms with van der Waals surface area (Å²) in [5.74, 6) is 0.143. The molecule has 2 aliphatic heterocycles. The first kappa shape index (κ1) is 21.3. The molecular weight excluding hydrogens is 423 g/mol. The van der Waals surface area contributed by atoms with E-state index in [-0.39, 0.29) is 22.7 Å². The molecule has 1 atom stereocenters. The zero-order valence-electron chi connectivity index (χ0n) is 16.9. The predicted molar refractivity (Wildman–Crippen MR) is 116 cm³/mol. The van der Waals surface area contributed by atoms with Crippen molar-refractivity contribution < 1.29 is 17.6 Å². The largest absolute Gasteiger partial charge is 0.345 e. The first-order chi connectivity index (χ1) is 14.4. The summed E-state index contributed by atoms with van der Waals surface area (Å²) in [6.45, 7) is 2.77. The van der Waals surface area contributed by atoms with Crippen LogP contribution in [-0.4, -0.2) is 37.5 Å². The van der Waals surface area contributed by atoms with Crippen molar-refractivity contribution in [2.45, 2.75) is 48.4 Å². The Morgan fingerprint density at radius 2 is 1.90 bits per heavy atom. The summed E-state index contributed by atoms with van der Waals surface area (Å²) in [7, 11) is -3.64. The number of hydrogen-bond donors (Lipinski definition) is 1. The number of nitrogens with zero attached hydrogens (tertiary/aromatic N) is 1. The van der Waals surface area contributed by atoms with Crippen LogP contribution in [0.3, 0.4) is 0 Å². The van der Waals surface area contributed by atoms with Gasteiger partial charge in [-0.2, -0.15) is 4.31 Å². The second kappa shape index (κ2) is 8.69. The van der Waals surface area contributed by atoms with Crippen molar-refractivity contribution in [3.05, 3.63) is 58.9 Å². The van der Waals surface area contributed by atoms with E-state index in [9.17, 15) is 17.6 Å². The zero-order chi connectivity index (χ0) is 21.3. The van der Waals surface area contributed by atoms with Gasteiger partial charge in [0.1, 0.15) is 5.82 Å². The number of fused-ring (bicyclic) bond motifs is 1. The van der Waals surface area contributed by atoms with Crippen molar-refractivity contribution in [1.82, 2.24) is 9.62 Å². The minimum absolute atomic E-state index is 0.183. The molecule has 5 nitrogen and oxygen atoms in total. The van der Waals surface area contributed by atoms with Gasteiger partial charge >= 0.3 is 0 Å². The lowest BCUT2D eigenvalue weighted by Gasteiger charge is -2.27. The molecule has 0 aromatic heterocycles. The van der Waals surface area contributed by atoms with Crippen LogP contribution < -0.4 is 5.32 Å². The maximum atomic E-state index is 13.7. The van der Waals surface area contributed by atoms with Gasteiger partial charge in [-0.25, -0.2) is 12.8 Å². The Balaban J connectivity index is 1.59. The minimum atomic E-state index is -3.64. The second-order valence-electron chi connectivity index (χ2n) is 7.79. The molecule has 30 heavy (non-hydrogen) atoms. The molecule has 0 bridgehead atoms. The van der Waals surface area contributed by atoms with E-state index in [1.54, 1.807) is 36.9 Å². The van der Waals surface area contributed by atoms with Crippen LogP contribution in [0.5, 0.6) is 0 Å². The smallest absolute Gasteiger partial charge is 0.251 e. The van der Waals surface area contributed by atoms with Crippen LogP contribution in [0.25, 0.3) is 0 Å². The van der Waals surface area contributed by atoms with E-state index in [0.717, 1.165) is 35.5 Å². The highest BCUT2D eigenvalue weighted by atomic mass is 32.2. The van der Waals surface area contributed by atoms with Crippen molar-refractivity contribution in [2.75, 3.05) is 18.8 Å². The van der Waals surface area contributed by atoms with Crippen molar-refractivity contribution >= 4 is 27.7 Å². The van der Waals surface area contributed by atoms with Crippen LogP contribution in [0.1, 0.15) is 53.2 Å². The van der Waals surface area contributed by atoms with E-state index in [1.807, 2.05) is 0 Å². The molecule has 1 unspecified atom stereocenters. The van der Waals surface area contributed by atoms with E-state index >= 15 is 0 Å². The van der Waals surface area contributed by atoms with Gasteiger partial charge in [-0.15, -0.1) is 11.8 Å². The Morgan fingerprint density at radius 1 is 1.13 bits per heavy atom. The first-order valence-electron chi connectivity index (χ1n) is 10.2. The third-order valence-electron chi connectivity index (χ3n) is 5.70. The van der Waals surface area contributed by atoms with E-state index in [1.165, 1.54) is 22.5 Å². The quantitative estimate of drug-likeness (QED) is 0.758. The van der Waals surface area contributed by atoms with Gasteiger partial charge in [-0.05, 0) is 67.6 Å². The van der Waals surface area contributed by atoms with E-state index in [2.05, 4.69) is 5.32 Å². The number of piperidine rings is 1. The number of carbonyl (C=O) groups excluding carboxylic acids is 1. The number of hydrogen-bond acceptors (Lipinski definition) is 4. The number of nitrogens with one attached hydrogen (secondary N) is 1. The third kappa shape index (κ3) is 4.26. The fourth-order valence-electron chi connectivity index (χ4n) is 4.02. The molecule has 0 saturated carbocycles. The van der Waals surface area contributed by atoms with Gasteiger partial charge < -0.3 is 5.32 Å². The van der Waals surface area contributed by atoms with E-state index in [4.69, 9.17) is 0 Å². The van der Waals surface area contributed by atoms with Crippen LogP contribution in [0.15, 0.2) is 46.2 Å². The summed E-state index contributed by atoms with van der Waals surface area (Å²) in [6.07, 6.45) is 3.44. The number of thioether (sulfide) groups is 1. The van der Waals surface area contributed by atoms with Crippen LogP contribution in [0.4, 0.5) is 4.39 Å². The highest BCUT2D eigenvalue weighted by molar-refractivity contribution is 7.99. The van der Waals surface area contributed by atoms with Gasteiger partial charge in [0.25, 0.3) is 5.91 Å². The average Bonchev–Trinajstić information content (AvgIpc) is 2.75. The molecule has 1 N–H and O–H groups in total. The maximum Gasteiger partial charge on any atom is 0.251 e. The summed E-state index contributed by atoms with van der Waals surface area (Å²) in [6, 6.07) is 9.12. The van der Waals surface area contributed by atoms with Crippen LogP contribution in [0, 0.1) is 12.7 Å². The molecular formula is C22H25FN2O3S2. The molecule has 1 saturated heterocycles. The van der Waals surface area contributed by atoms with Crippen molar-refractivity contribution in [3.8, 4) is 0 Å². The molecule has 4 rings (SSSR count). The predicted octanol–water partition coefficient (Wildman–Crippen LogP) is 4.28. The van der Waals surface area contributed by atoms with Gasteiger partial charge in [0, 0.05) is 29.3 Å². The maximum absolute atomic E-state index is 13.7. The lowest BCUT2D eigenvalue weighted by Crippen LogP contribution is -2.36. The summed E-state index contributed by atoms with van der Waals surface area (Å²) < 4.78 is 41.5. The zero-order valence-corrected chi connectivity index (χ0v) is 18.5. The Hall–Kier alpha value is -1.90. The molecule has 8 heteroatoms. The van der Waals surface area contributed by atoms with Gasteiger partial charge in [-0.3, -0.25) is 4.79 Å². The fourth-order valence-corrected chi connectivity index (χ4v) is 6.89. The summed E-state index contributed by atoms with van der Waals surface area (Å²) >= 11 is 1.64. The molecule has 1 amide bonds. The standard InChI is InChI=1S/C22H25FN2O3S2/c1-15-5-6-16(13-21(15)30(27,28)25-10-3-2-4-11-25)22(26)24-19-9-12-29-20-8-7-17(23)14-18(19)20/h5-8,13-14,19H,2-4,9-12H2,1H3,(H,24,26). The van der Waals surface area contributed by atoms with Crippen molar-refractivity contribution in [1.29, 1.82) is 0 Å². The monoisotopic (exact) mass is 448 g/mol. The van der Waals surface area contributed by atoms with Crippen LogP contribution >= 0.6 is 11.8 Å². The molecule has 0 spiro atoms. The third-order valence-corrected chi connectivity index (χ3v) is 8.86. The van der Waals surface area contributed by atoms with Crippen molar-refractivity contribution in [2.24, 2.45) is 0 Å². The fraction of sp³-hybridized carbons (Fsp3) is 0.409. The SMILES string of the molecule is Cc1ccc(C(=O)NC2CCSc3ccc(F)cc32)cc1S(=O)(=O)N1CCCCC1. The summed E-state index contributed by atoms with van der Waals surface area (Å²) in [4.78, 5) is 14.1. The summed E-state index contributed by atoms with van der Waals surface area (Å²) in [5, 5.41) is 2.97. The van der Waals surface area contributed by atoms with Gasteiger partial charge in [-0.1, -0.05) is 12.5 Å². The second-order valence-corrected chi connectivity index (χ2v) is 10.8. The molecule has 2 aromatic rings. The normalized spacial score (nSPS) is 19.9. The highest BCUT2D eigenvalue weighted by Crippen LogP contribution is 2.36. The number of rotatable bonds is 4. The topological polar surface area (TPSA) is 66.5 Å². The number of carbonyl (C=O) groups is 1. The number of halogens is 1. The van der Waals surface area contributed by atoms with Gasteiger partial charge in [0.05, 0.1) is 10.9 Å². The Kier molecular flexibility index (Phi) is 6.18. The van der Waals surface area contributed by atoms with Crippen LogP contribution in [-0.2, 0) is 10.0 Å². The number of aryl methyl sites for hydroxylation is 1. The lowest BCUT2D eigenvalue weighted by atomic mass is 10.0. The van der Waals surface area contributed by atoms with E-state index in [0.29, 0.717) is 30.6 Å². The molecule has 2 aliphatic rings. The number of benzene rings is 2. The first-order valence-corrected chi connectivity index (χ1v) is 12.6. The number of amides is 1. The lowest BCUT2D eigenvalue weighted by molar-refractivity contribution is 0.0934. The minimum Gasteiger partial charge on any atom is -0.345 e.